The summed E-state index contributed by atoms with van der Waals surface area (Å²) in [6.07, 6.45) is 2.42. The Morgan fingerprint density at radius 1 is 1.45 bits per heavy atom. The van der Waals surface area contributed by atoms with E-state index in [1.807, 2.05) is 31.3 Å². The fourth-order valence-corrected chi connectivity index (χ4v) is 2.97. The van der Waals surface area contributed by atoms with E-state index in [0.29, 0.717) is 18.0 Å². The zero-order chi connectivity index (χ0) is 13.9. The number of benzene rings is 1. The molecular weight excluding hydrogens is 252 g/mol. The highest BCUT2D eigenvalue weighted by Gasteiger charge is 2.24. The third-order valence-electron chi connectivity index (χ3n) is 3.95. The largest absolute Gasteiger partial charge is 0.318 e. The van der Waals surface area contributed by atoms with E-state index in [9.17, 15) is 4.79 Å². The van der Waals surface area contributed by atoms with E-state index in [1.165, 1.54) is 12.8 Å². The van der Waals surface area contributed by atoms with E-state index < -0.39 is 0 Å². The van der Waals surface area contributed by atoms with Gasteiger partial charge in [-0.3, -0.25) is 9.69 Å². The van der Waals surface area contributed by atoms with Gasteiger partial charge in [-0.15, -0.1) is 0 Å². The molecule has 0 amide bonds. The van der Waals surface area contributed by atoms with Gasteiger partial charge in [0.25, 0.3) is 5.56 Å². The van der Waals surface area contributed by atoms with Gasteiger partial charge in [0.2, 0.25) is 0 Å². The van der Waals surface area contributed by atoms with Crippen LogP contribution in [0.3, 0.4) is 0 Å². The first-order valence-corrected chi connectivity index (χ1v) is 7.14. The molecule has 3 rings (SSSR count). The van der Waals surface area contributed by atoms with Crippen molar-refractivity contribution in [1.29, 1.82) is 0 Å². The lowest BCUT2D eigenvalue weighted by atomic mass is 10.2. The maximum Gasteiger partial charge on any atom is 0.258 e. The van der Waals surface area contributed by atoms with Gasteiger partial charge in [0.15, 0.2) is 0 Å². The average Bonchev–Trinajstić information content (AvgIpc) is 2.87. The van der Waals surface area contributed by atoms with Crippen molar-refractivity contribution >= 4 is 10.9 Å². The molecule has 1 fully saturated rings. The second-order valence-electron chi connectivity index (χ2n) is 5.35. The van der Waals surface area contributed by atoms with Gasteiger partial charge < -0.3 is 10.3 Å². The first kappa shape index (κ1) is 13.3. The summed E-state index contributed by atoms with van der Waals surface area (Å²) in [5.41, 5.74) is 0.727. The van der Waals surface area contributed by atoms with Gasteiger partial charge in [0, 0.05) is 12.6 Å². The van der Waals surface area contributed by atoms with E-state index in [2.05, 4.69) is 20.2 Å². The van der Waals surface area contributed by atoms with E-state index >= 15 is 0 Å². The number of hydrogen-bond donors (Lipinski definition) is 2. The quantitative estimate of drug-likeness (QED) is 0.875. The molecule has 0 aliphatic carbocycles. The number of hydrogen-bond acceptors (Lipinski definition) is 4. The van der Waals surface area contributed by atoms with Crippen LogP contribution in [0.1, 0.15) is 18.7 Å². The lowest BCUT2D eigenvalue weighted by Crippen LogP contribution is -2.37. The normalized spacial score (nSPS) is 19.8. The molecule has 1 aromatic carbocycles. The number of rotatable bonds is 4. The van der Waals surface area contributed by atoms with Crippen LogP contribution < -0.4 is 10.9 Å². The Bertz CT molecular complexity index is 652. The molecule has 0 radical (unpaired) electrons. The highest BCUT2D eigenvalue weighted by atomic mass is 16.1. The molecule has 2 N–H and O–H groups in total. The molecule has 1 aliphatic heterocycles. The Labute approximate surface area is 118 Å². The number of fused-ring (bicyclic) bond motifs is 1. The van der Waals surface area contributed by atoms with E-state index in [4.69, 9.17) is 0 Å². The number of nitrogens with zero attached hydrogens (tertiary/aromatic N) is 2. The molecule has 1 aliphatic rings. The number of likely N-dealkylation sites (tertiary alicyclic amines) is 1. The molecule has 1 atom stereocenters. The minimum absolute atomic E-state index is 0.0463. The monoisotopic (exact) mass is 272 g/mol. The van der Waals surface area contributed by atoms with Crippen LogP contribution in [0, 0.1) is 0 Å². The minimum Gasteiger partial charge on any atom is -0.318 e. The number of H-pyrrole nitrogens is 1. The van der Waals surface area contributed by atoms with Gasteiger partial charge >= 0.3 is 0 Å². The zero-order valence-corrected chi connectivity index (χ0v) is 11.7. The Hall–Kier alpha value is -1.72. The van der Waals surface area contributed by atoms with Crippen LogP contribution in [0.4, 0.5) is 0 Å². The molecule has 5 nitrogen and oxygen atoms in total. The summed E-state index contributed by atoms with van der Waals surface area (Å²) in [4.78, 5) is 21.9. The smallest absolute Gasteiger partial charge is 0.258 e. The van der Waals surface area contributed by atoms with Crippen molar-refractivity contribution in [1.82, 2.24) is 20.2 Å². The second-order valence-corrected chi connectivity index (χ2v) is 5.35. The molecule has 1 saturated heterocycles. The summed E-state index contributed by atoms with van der Waals surface area (Å²) in [7, 11) is 1.98. The zero-order valence-electron chi connectivity index (χ0n) is 11.7. The minimum atomic E-state index is -0.0463. The standard InChI is InChI=1S/C15H20N4O/c1-16-9-11-5-4-8-19(11)10-14-17-13-7-3-2-6-12(13)15(20)18-14/h2-3,6-7,11,16H,4-5,8-10H2,1H3,(H,17,18,20). The molecule has 1 unspecified atom stereocenters. The SMILES string of the molecule is CNCC1CCCN1Cc1nc2ccccc2c(=O)[nH]1. The molecule has 2 aromatic rings. The molecule has 1 aromatic heterocycles. The van der Waals surface area contributed by atoms with Gasteiger partial charge in [-0.2, -0.15) is 0 Å². The van der Waals surface area contributed by atoms with Gasteiger partial charge in [-0.05, 0) is 38.6 Å². The predicted octanol–water partition coefficient (Wildman–Crippen LogP) is 1.11. The molecule has 0 spiro atoms. The van der Waals surface area contributed by atoms with Crippen LogP contribution in [-0.2, 0) is 6.54 Å². The van der Waals surface area contributed by atoms with Gasteiger partial charge in [-0.25, -0.2) is 4.98 Å². The Morgan fingerprint density at radius 3 is 3.15 bits per heavy atom. The van der Waals surface area contributed by atoms with Crippen LogP contribution in [0.5, 0.6) is 0 Å². The van der Waals surface area contributed by atoms with Gasteiger partial charge in [-0.1, -0.05) is 12.1 Å². The summed E-state index contributed by atoms with van der Waals surface area (Å²) in [6, 6.07) is 8.02. The van der Waals surface area contributed by atoms with Crippen molar-refractivity contribution < 1.29 is 0 Å². The van der Waals surface area contributed by atoms with Crippen LogP contribution in [0.25, 0.3) is 10.9 Å². The maximum absolute atomic E-state index is 12.1. The fraction of sp³-hybridized carbons (Fsp3) is 0.467. The van der Waals surface area contributed by atoms with Crippen LogP contribution in [0.15, 0.2) is 29.1 Å². The number of aromatic nitrogens is 2. The number of para-hydroxylation sites is 1. The third kappa shape index (κ3) is 2.59. The van der Waals surface area contributed by atoms with E-state index in [1.54, 1.807) is 0 Å². The Morgan fingerprint density at radius 2 is 2.30 bits per heavy atom. The van der Waals surface area contributed by atoms with Crippen molar-refractivity contribution in [3.63, 3.8) is 0 Å². The summed E-state index contributed by atoms with van der Waals surface area (Å²) < 4.78 is 0. The van der Waals surface area contributed by atoms with Crippen LogP contribution in [0.2, 0.25) is 0 Å². The van der Waals surface area contributed by atoms with Crippen molar-refractivity contribution in [3.8, 4) is 0 Å². The first-order chi connectivity index (χ1) is 9.78. The van der Waals surface area contributed by atoms with Crippen molar-refractivity contribution in [2.24, 2.45) is 0 Å². The highest BCUT2D eigenvalue weighted by Crippen LogP contribution is 2.18. The summed E-state index contributed by atoms with van der Waals surface area (Å²) >= 11 is 0. The lowest BCUT2D eigenvalue weighted by molar-refractivity contribution is 0.236. The fourth-order valence-electron chi connectivity index (χ4n) is 2.97. The van der Waals surface area contributed by atoms with Crippen molar-refractivity contribution in [2.45, 2.75) is 25.4 Å². The highest BCUT2D eigenvalue weighted by molar-refractivity contribution is 5.77. The van der Waals surface area contributed by atoms with Crippen molar-refractivity contribution in [3.05, 3.63) is 40.4 Å². The molecule has 106 valence electrons. The maximum atomic E-state index is 12.1. The predicted molar refractivity (Wildman–Crippen MR) is 79.7 cm³/mol. The van der Waals surface area contributed by atoms with Crippen molar-refractivity contribution in [2.75, 3.05) is 20.1 Å². The van der Waals surface area contributed by atoms with Gasteiger partial charge in [0.05, 0.1) is 17.4 Å². The topological polar surface area (TPSA) is 61.0 Å². The van der Waals surface area contributed by atoms with Crippen LogP contribution >= 0.6 is 0 Å². The molecule has 5 heteroatoms. The first-order valence-electron chi connectivity index (χ1n) is 7.14. The summed E-state index contributed by atoms with van der Waals surface area (Å²) in [5, 5.41) is 3.89. The third-order valence-corrected chi connectivity index (χ3v) is 3.95. The Balaban J connectivity index is 1.86. The lowest BCUT2D eigenvalue weighted by Gasteiger charge is -2.23. The average molecular weight is 272 g/mol. The number of nitrogens with one attached hydrogen (secondary N) is 2. The van der Waals surface area contributed by atoms with Gasteiger partial charge in [0.1, 0.15) is 5.82 Å². The second kappa shape index (κ2) is 5.73. The summed E-state index contributed by atoms with van der Waals surface area (Å²) in [5.74, 6) is 0.761. The van der Waals surface area contributed by atoms with E-state index in [0.717, 1.165) is 24.4 Å². The van der Waals surface area contributed by atoms with Crippen LogP contribution in [-0.4, -0.2) is 41.0 Å². The molecule has 0 saturated carbocycles. The van der Waals surface area contributed by atoms with E-state index in [-0.39, 0.29) is 5.56 Å². The number of aromatic amines is 1. The Kier molecular flexibility index (Phi) is 3.80. The molecule has 2 heterocycles. The molecule has 20 heavy (non-hydrogen) atoms. The molecule has 0 bridgehead atoms. The molecular formula is C15H20N4O. The summed E-state index contributed by atoms with van der Waals surface area (Å²) in [6.45, 7) is 2.77. The number of likely N-dealkylation sites (N-methyl/N-ethyl adjacent to an activating group) is 1.